The van der Waals surface area contributed by atoms with Crippen molar-refractivity contribution >= 4 is 27.9 Å². The maximum atomic E-state index is 13.0. The molecule has 4 rings (SSSR count). The van der Waals surface area contributed by atoms with E-state index in [2.05, 4.69) is 15.1 Å². The van der Waals surface area contributed by atoms with Gasteiger partial charge in [-0.05, 0) is 42.8 Å². The minimum absolute atomic E-state index is 0.115. The van der Waals surface area contributed by atoms with Crippen LogP contribution in [0.25, 0.3) is 16.8 Å². The topological polar surface area (TPSA) is 117 Å². The van der Waals surface area contributed by atoms with Crippen molar-refractivity contribution < 1.29 is 18.3 Å². The third kappa shape index (κ3) is 3.95. The first-order valence-electron chi connectivity index (χ1n) is 9.52. The second-order valence-corrected chi connectivity index (χ2v) is 8.96. The number of fused-ring (bicyclic) bond motifs is 1. The first-order valence-corrected chi connectivity index (χ1v) is 11.0. The van der Waals surface area contributed by atoms with Crippen LogP contribution in [0.4, 0.5) is 0 Å². The van der Waals surface area contributed by atoms with Crippen LogP contribution >= 0.6 is 0 Å². The van der Waals surface area contributed by atoms with E-state index in [0.29, 0.717) is 16.9 Å². The lowest BCUT2D eigenvalue weighted by Gasteiger charge is -2.15. The number of rotatable bonds is 6. The summed E-state index contributed by atoms with van der Waals surface area (Å²) in [5.74, 6) is -1.21. The Kier molecular flexibility index (Phi) is 5.45. The summed E-state index contributed by atoms with van der Waals surface area (Å²) in [6.45, 7) is 1.60. The molecule has 0 aliphatic carbocycles. The third-order valence-electron chi connectivity index (χ3n) is 4.94. The zero-order chi connectivity index (χ0) is 22.9. The van der Waals surface area contributed by atoms with Gasteiger partial charge in [-0.25, -0.2) is 9.78 Å². The number of hydrogen-bond donors (Lipinski definition) is 1. The van der Waals surface area contributed by atoms with E-state index in [1.165, 1.54) is 25.4 Å². The first kappa shape index (κ1) is 21.2. The number of pyridine rings is 2. The van der Waals surface area contributed by atoms with E-state index >= 15 is 0 Å². The number of imidazole rings is 1. The predicted molar refractivity (Wildman–Crippen MR) is 119 cm³/mol. The standard InChI is InChI=1S/C22H19N5O4S/c1-15-5-6-16(22(28)29)10-20(15)32(30,31)26(2)25-13-19-12-24-21-8-7-18(14-27(19)21)17-4-3-9-23-11-17/h3-14H,1-2H3,(H,28,29). The average Bonchev–Trinajstić information content (AvgIpc) is 3.20. The van der Waals surface area contributed by atoms with Crippen LogP contribution < -0.4 is 0 Å². The number of carbonyl (C=O) groups is 1. The Balaban J connectivity index is 1.67. The van der Waals surface area contributed by atoms with Crippen LogP contribution in [0.15, 0.2) is 77.2 Å². The molecule has 0 spiro atoms. The lowest BCUT2D eigenvalue weighted by Crippen LogP contribution is -2.23. The quantitative estimate of drug-likeness (QED) is 0.357. The highest BCUT2D eigenvalue weighted by Gasteiger charge is 2.23. The van der Waals surface area contributed by atoms with E-state index in [0.717, 1.165) is 21.6 Å². The molecular weight excluding hydrogens is 430 g/mol. The van der Waals surface area contributed by atoms with Crippen LogP contribution in [0.1, 0.15) is 21.6 Å². The van der Waals surface area contributed by atoms with E-state index in [1.807, 2.05) is 30.5 Å². The smallest absolute Gasteiger partial charge is 0.335 e. The van der Waals surface area contributed by atoms with E-state index in [-0.39, 0.29) is 10.5 Å². The number of carboxylic acids is 1. The van der Waals surface area contributed by atoms with Crippen LogP contribution in [0, 0.1) is 6.92 Å². The normalized spacial score (nSPS) is 11.8. The van der Waals surface area contributed by atoms with Crippen LogP contribution in [0.5, 0.6) is 0 Å². The number of aromatic nitrogens is 3. The molecule has 0 radical (unpaired) electrons. The van der Waals surface area contributed by atoms with Crippen molar-refractivity contribution in [1.29, 1.82) is 0 Å². The molecule has 0 fully saturated rings. The fraction of sp³-hybridized carbons (Fsp3) is 0.0909. The molecule has 0 aliphatic rings. The third-order valence-corrected chi connectivity index (χ3v) is 6.73. The molecule has 0 bridgehead atoms. The Morgan fingerprint density at radius 1 is 1.16 bits per heavy atom. The van der Waals surface area contributed by atoms with Gasteiger partial charge in [0.05, 0.1) is 28.6 Å². The lowest BCUT2D eigenvalue weighted by molar-refractivity contribution is 0.0696. The zero-order valence-corrected chi connectivity index (χ0v) is 18.1. The molecule has 3 aromatic heterocycles. The molecule has 9 nitrogen and oxygen atoms in total. The van der Waals surface area contributed by atoms with Crippen molar-refractivity contribution in [2.24, 2.45) is 5.10 Å². The van der Waals surface area contributed by atoms with E-state index in [9.17, 15) is 18.3 Å². The molecule has 162 valence electrons. The Labute approximate surface area is 184 Å². The van der Waals surface area contributed by atoms with Gasteiger partial charge in [0.2, 0.25) is 0 Å². The number of sulfonamides is 1. The van der Waals surface area contributed by atoms with Crippen molar-refractivity contribution in [3.05, 3.63) is 84.1 Å². The van der Waals surface area contributed by atoms with Crippen molar-refractivity contribution in [2.45, 2.75) is 11.8 Å². The number of aryl methyl sites for hydroxylation is 1. The molecule has 0 aliphatic heterocycles. The highest BCUT2D eigenvalue weighted by Crippen LogP contribution is 2.22. The summed E-state index contributed by atoms with van der Waals surface area (Å²) >= 11 is 0. The molecule has 0 unspecified atom stereocenters. The van der Waals surface area contributed by atoms with Gasteiger partial charge < -0.3 is 5.11 Å². The van der Waals surface area contributed by atoms with Gasteiger partial charge in [-0.1, -0.05) is 12.1 Å². The van der Waals surface area contributed by atoms with Crippen molar-refractivity contribution in [3.63, 3.8) is 0 Å². The average molecular weight is 449 g/mol. The summed E-state index contributed by atoms with van der Waals surface area (Å²) in [6, 6.07) is 11.5. The number of hydrazone groups is 1. The molecule has 1 aromatic carbocycles. The highest BCUT2D eigenvalue weighted by molar-refractivity contribution is 7.89. The highest BCUT2D eigenvalue weighted by atomic mass is 32.2. The number of hydrogen-bond acceptors (Lipinski definition) is 6. The second-order valence-electron chi connectivity index (χ2n) is 7.04. The summed E-state index contributed by atoms with van der Waals surface area (Å²) in [4.78, 5) is 19.6. The van der Waals surface area contributed by atoms with E-state index in [1.54, 1.807) is 29.9 Å². The van der Waals surface area contributed by atoms with Gasteiger partial charge in [0, 0.05) is 36.8 Å². The van der Waals surface area contributed by atoms with E-state index < -0.39 is 16.0 Å². The minimum atomic E-state index is -4.05. The van der Waals surface area contributed by atoms with Gasteiger partial charge in [0.15, 0.2) is 0 Å². The van der Waals surface area contributed by atoms with Crippen LogP contribution in [0.3, 0.4) is 0 Å². The monoisotopic (exact) mass is 449 g/mol. The molecular formula is C22H19N5O4S. The minimum Gasteiger partial charge on any atom is -0.478 e. The Hall–Kier alpha value is -4.05. The largest absolute Gasteiger partial charge is 0.478 e. The molecule has 3 heterocycles. The number of benzene rings is 1. The van der Waals surface area contributed by atoms with Crippen molar-refractivity contribution in [2.75, 3.05) is 7.05 Å². The summed E-state index contributed by atoms with van der Waals surface area (Å²) in [7, 11) is -2.75. The van der Waals surface area contributed by atoms with Crippen LogP contribution in [-0.2, 0) is 10.0 Å². The van der Waals surface area contributed by atoms with Crippen LogP contribution in [0.2, 0.25) is 0 Å². The first-order chi connectivity index (χ1) is 15.3. The number of carboxylic acid groups (broad SMARTS) is 1. The fourth-order valence-corrected chi connectivity index (χ4v) is 4.36. The lowest BCUT2D eigenvalue weighted by atomic mass is 10.1. The summed E-state index contributed by atoms with van der Waals surface area (Å²) in [5.41, 5.74) is 3.41. The SMILES string of the molecule is Cc1ccc(C(=O)O)cc1S(=O)(=O)N(C)N=Cc1cnc2ccc(-c3cccnc3)cn12. The Bertz CT molecular complexity index is 1450. The van der Waals surface area contributed by atoms with Crippen molar-refractivity contribution in [3.8, 4) is 11.1 Å². The Morgan fingerprint density at radius 2 is 1.97 bits per heavy atom. The molecule has 0 atom stereocenters. The molecule has 1 N–H and O–H groups in total. The maximum Gasteiger partial charge on any atom is 0.335 e. The van der Waals surface area contributed by atoms with Crippen LogP contribution in [-0.4, -0.2) is 51.5 Å². The summed E-state index contributed by atoms with van der Waals surface area (Å²) in [6.07, 6.45) is 8.29. The molecule has 4 aromatic rings. The van der Waals surface area contributed by atoms with E-state index in [4.69, 9.17) is 0 Å². The fourth-order valence-electron chi connectivity index (χ4n) is 3.16. The molecule has 0 amide bonds. The molecule has 32 heavy (non-hydrogen) atoms. The predicted octanol–water partition coefficient (Wildman–Crippen LogP) is 3.06. The molecule has 10 heteroatoms. The summed E-state index contributed by atoms with van der Waals surface area (Å²) in [5, 5.41) is 13.3. The summed E-state index contributed by atoms with van der Waals surface area (Å²) < 4.78 is 28.6. The van der Waals surface area contributed by atoms with Gasteiger partial charge in [-0.15, -0.1) is 0 Å². The maximum absolute atomic E-state index is 13.0. The second kappa shape index (κ2) is 8.23. The van der Waals surface area contributed by atoms with Crippen molar-refractivity contribution in [1.82, 2.24) is 18.8 Å². The zero-order valence-electron chi connectivity index (χ0n) is 17.2. The number of nitrogens with zero attached hydrogens (tertiary/aromatic N) is 5. The van der Waals surface area contributed by atoms with Gasteiger partial charge in [0.1, 0.15) is 5.65 Å². The van der Waals surface area contributed by atoms with Gasteiger partial charge >= 0.3 is 5.97 Å². The number of aromatic carboxylic acids is 1. The van der Waals surface area contributed by atoms with Gasteiger partial charge in [-0.3, -0.25) is 9.38 Å². The van der Waals surface area contributed by atoms with Gasteiger partial charge in [-0.2, -0.15) is 17.9 Å². The molecule has 0 saturated heterocycles. The Morgan fingerprint density at radius 3 is 2.69 bits per heavy atom. The molecule has 0 saturated carbocycles. The van der Waals surface area contributed by atoms with Gasteiger partial charge in [0.25, 0.3) is 10.0 Å².